The normalized spacial score (nSPS) is 19.8. The summed E-state index contributed by atoms with van der Waals surface area (Å²) in [4.78, 5) is 25.5. The number of aryl methyl sites for hydroxylation is 1. The topological polar surface area (TPSA) is 65.0 Å². The first-order valence-electron chi connectivity index (χ1n) is 9.82. The summed E-state index contributed by atoms with van der Waals surface area (Å²) < 4.78 is 33.1. The third-order valence-electron chi connectivity index (χ3n) is 5.57. The average molecular weight is 488 g/mol. The van der Waals surface area contributed by atoms with Crippen LogP contribution in [0.25, 0.3) is 0 Å². The predicted octanol–water partition coefficient (Wildman–Crippen LogP) is 4.50. The van der Waals surface area contributed by atoms with Crippen LogP contribution in [0.2, 0.25) is 0 Å². The van der Waals surface area contributed by atoms with Gasteiger partial charge < -0.3 is 4.74 Å². The number of Topliss-reactive ketones (excluding diaryl/α,β-unsaturated/α-hetero) is 1. The van der Waals surface area contributed by atoms with Crippen molar-refractivity contribution in [2.75, 3.05) is 6.61 Å². The second-order valence-corrected chi connectivity index (χ2v) is 8.25. The lowest BCUT2D eigenvalue weighted by Crippen LogP contribution is -2.25. The fourth-order valence-corrected chi connectivity index (χ4v) is 4.23. The van der Waals surface area contributed by atoms with E-state index in [0.717, 1.165) is 6.20 Å². The summed E-state index contributed by atoms with van der Waals surface area (Å²) in [6, 6.07) is 9.05. The number of hydrogen-bond donors (Lipinski definition) is 0. The van der Waals surface area contributed by atoms with Crippen LogP contribution in [0.5, 0.6) is 5.75 Å². The van der Waals surface area contributed by atoms with Crippen molar-refractivity contribution < 1.29 is 18.3 Å². The molecule has 0 unspecified atom stereocenters. The van der Waals surface area contributed by atoms with Crippen molar-refractivity contribution in [1.29, 1.82) is 0 Å². The minimum absolute atomic E-state index is 0.0344. The number of alkyl halides is 1. The molecule has 8 heteroatoms. The Morgan fingerprint density at radius 3 is 2.74 bits per heavy atom. The Balaban J connectivity index is 1.57. The van der Waals surface area contributed by atoms with Gasteiger partial charge in [0.2, 0.25) is 0 Å². The maximum absolute atomic E-state index is 14.0. The smallest absolute Gasteiger partial charge is 0.160 e. The van der Waals surface area contributed by atoms with Gasteiger partial charge in [0.05, 0.1) is 24.7 Å². The quantitative estimate of drug-likeness (QED) is 0.437. The van der Waals surface area contributed by atoms with Gasteiger partial charge in [0.15, 0.2) is 5.75 Å². The van der Waals surface area contributed by atoms with E-state index in [0.29, 0.717) is 40.3 Å². The standard InChI is InChI=1S/C23H20BrF2N3O2/c1-14-27-12-22(20(10-24)29-14)31-13-23(15-3-2-4-16(25)7-15)9-19(23)21(30)8-18-6-5-17(26)11-28-18/h2-7,11-12,19H,8-10,13H2,1H3/t19-,23+/m0/s1. The fourth-order valence-electron chi connectivity index (χ4n) is 3.83. The van der Waals surface area contributed by atoms with Crippen LogP contribution in [0.4, 0.5) is 8.78 Å². The number of ketones is 1. The molecule has 0 bridgehead atoms. The zero-order chi connectivity index (χ0) is 22.0. The Hall–Kier alpha value is -2.74. The molecule has 0 spiro atoms. The van der Waals surface area contributed by atoms with E-state index >= 15 is 0 Å². The van der Waals surface area contributed by atoms with Crippen LogP contribution in [0.3, 0.4) is 0 Å². The van der Waals surface area contributed by atoms with Crippen LogP contribution in [-0.4, -0.2) is 27.3 Å². The molecule has 1 aliphatic carbocycles. The lowest BCUT2D eigenvalue weighted by atomic mass is 9.91. The van der Waals surface area contributed by atoms with Crippen molar-refractivity contribution in [2.45, 2.75) is 30.5 Å². The Bertz CT molecular complexity index is 1110. The monoisotopic (exact) mass is 487 g/mol. The number of rotatable bonds is 8. The van der Waals surface area contributed by atoms with Gasteiger partial charge in [-0.3, -0.25) is 9.78 Å². The van der Waals surface area contributed by atoms with Gasteiger partial charge >= 0.3 is 0 Å². The Morgan fingerprint density at radius 1 is 1.19 bits per heavy atom. The van der Waals surface area contributed by atoms with E-state index in [9.17, 15) is 13.6 Å². The molecule has 1 aliphatic rings. The van der Waals surface area contributed by atoms with Gasteiger partial charge in [-0.05, 0) is 43.2 Å². The van der Waals surface area contributed by atoms with Crippen molar-refractivity contribution >= 4 is 21.7 Å². The highest BCUT2D eigenvalue weighted by atomic mass is 79.9. The first-order chi connectivity index (χ1) is 14.9. The van der Waals surface area contributed by atoms with Gasteiger partial charge in [-0.1, -0.05) is 28.1 Å². The third kappa shape index (κ3) is 4.63. The number of carbonyl (C=O) groups excluding carboxylic acids is 1. The van der Waals surface area contributed by atoms with Crippen LogP contribution in [0.15, 0.2) is 48.8 Å². The second kappa shape index (κ2) is 8.78. The lowest BCUT2D eigenvalue weighted by Gasteiger charge is -2.20. The molecule has 3 aromatic rings. The van der Waals surface area contributed by atoms with E-state index in [1.165, 1.54) is 24.3 Å². The Morgan fingerprint density at radius 2 is 2.03 bits per heavy atom. The van der Waals surface area contributed by atoms with E-state index in [1.807, 2.05) is 6.07 Å². The minimum atomic E-state index is -0.645. The number of hydrogen-bond acceptors (Lipinski definition) is 5. The van der Waals surface area contributed by atoms with Crippen molar-refractivity contribution in [1.82, 2.24) is 15.0 Å². The number of halogens is 3. The maximum atomic E-state index is 14.0. The van der Waals surface area contributed by atoms with Crippen LogP contribution in [-0.2, 0) is 22.0 Å². The molecule has 0 aliphatic heterocycles. The largest absolute Gasteiger partial charge is 0.489 e. The maximum Gasteiger partial charge on any atom is 0.160 e. The Kier molecular flexibility index (Phi) is 6.09. The van der Waals surface area contributed by atoms with Gasteiger partial charge in [0.25, 0.3) is 0 Å². The van der Waals surface area contributed by atoms with E-state index in [4.69, 9.17) is 4.74 Å². The van der Waals surface area contributed by atoms with Gasteiger partial charge in [0, 0.05) is 28.8 Å². The minimum Gasteiger partial charge on any atom is -0.489 e. The molecule has 1 aromatic carbocycles. The highest BCUT2D eigenvalue weighted by Crippen LogP contribution is 2.55. The van der Waals surface area contributed by atoms with Gasteiger partial charge in [-0.25, -0.2) is 18.7 Å². The summed E-state index contributed by atoms with van der Waals surface area (Å²) in [5.74, 6) is -0.0414. The fraction of sp³-hybridized carbons (Fsp3) is 0.304. The molecule has 0 saturated heterocycles. The van der Waals surface area contributed by atoms with E-state index in [-0.39, 0.29) is 30.5 Å². The molecule has 5 nitrogen and oxygen atoms in total. The van der Waals surface area contributed by atoms with Crippen molar-refractivity contribution in [3.8, 4) is 5.75 Å². The SMILES string of the molecule is Cc1ncc(OC[C@@]2(c3cccc(F)c3)C[C@H]2C(=O)Cc2ccc(F)cn2)c(CBr)n1. The molecule has 2 aromatic heterocycles. The highest BCUT2D eigenvalue weighted by Gasteiger charge is 2.59. The second-order valence-electron chi connectivity index (χ2n) is 7.68. The van der Waals surface area contributed by atoms with E-state index in [1.54, 1.807) is 19.2 Å². The molecule has 1 fully saturated rings. The average Bonchev–Trinajstić information content (AvgIpc) is 3.50. The zero-order valence-corrected chi connectivity index (χ0v) is 18.4. The molecule has 160 valence electrons. The van der Waals surface area contributed by atoms with Crippen LogP contribution < -0.4 is 4.74 Å². The first-order valence-corrected chi connectivity index (χ1v) is 10.9. The number of nitrogens with zero attached hydrogens (tertiary/aromatic N) is 3. The molecule has 0 radical (unpaired) electrons. The molecule has 0 N–H and O–H groups in total. The summed E-state index contributed by atoms with van der Waals surface area (Å²) in [5.41, 5.74) is 1.28. The lowest BCUT2D eigenvalue weighted by molar-refractivity contribution is -0.120. The summed E-state index contributed by atoms with van der Waals surface area (Å²) >= 11 is 3.40. The molecule has 31 heavy (non-hydrogen) atoms. The molecular weight excluding hydrogens is 468 g/mol. The zero-order valence-electron chi connectivity index (χ0n) is 16.8. The summed E-state index contributed by atoms with van der Waals surface area (Å²) in [5, 5.41) is 0.497. The van der Waals surface area contributed by atoms with Crippen LogP contribution in [0.1, 0.15) is 29.2 Å². The highest BCUT2D eigenvalue weighted by molar-refractivity contribution is 9.08. The van der Waals surface area contributed by atoms with Crippen molar-refractivity contribution in [3.05, 3.63) is 83.2 Å². The van der Waals surface area contributed by atoms with E-state index in [2.05, 4.69) is 30.9 Å². The number of aromatic nitrogens is 3. The molecule has 1 saturated carbocycles. The molecule has 0 amide bonds. The van der Waals surface area contributed by atoms with Gasteiger partial charge in [0.1, 0.15) is 23.2 Å². The van der Waals surface area contributed by atoms with Gasteiger partial charge in [-0.15, -0.1) is 0 Å². The predicted molar refractivity (Wildman–Crippen MR) is 114 cm³/mol. The molecular formula is C23H20BrF2N3O2. The van der Waals surface area contributed by atoms with Crippen molar-refractivity contribution in [3.63, 3.8) is 0 Å². The summed E-state index contributed by atoms with van der Waals surface area (Å²) in [6.07, 6.45) is 3.33. The van der Waals surface area contributed by atoms with Crippen molar-refractivity contribution in [2.24, 2.45) is 5.92 Å². The molecule has 2 atom stereocenters. The summed E-state index contributed by atoms with van der Waals surface area (Å²) in [6.45, 7) is 1.99. The van der Waals surface area contributed by atoms with Crippen LogP contribution in [0, 0.1) is 24.5 Å². The van der Waals surface area contributed by atoms with E-state index < -0.39 is 11.2 Å². The number of ether oxygens (including phenoxy) is 1. The number of carbonyl (C=O) groups is 1. The van der Waals surface area contributed by atoms with Crippen LogP contribution >= 0.6 is 15.9 Å². The molecule has 2 heterocycles. The number of benzene rings is 1. The number of pyridine rings is 1. The first kappa shape index (κ1) is 21.5. The third-order valence-corrected chi connectivity index (χ3v) is 6.10. The Labute approximate surface area is 187 Å². The molecule has 4 rings (SSSR count). The summed E-state index contributed by atoms with van der Waals surface area (Å²) in [7, 11) is 0. The van der Waals surface area contributed by atoms with Gasteiger partial charge in [-0.2, -0.15) is 0 Å².